The molecule has 1 unspecified atom stereocenters. The van der Waals surface area contributed by atoms with Crippen LogP contribution in [0.1, 0.15) is 26.5 Å². The third-order valence-electron chi connectivity index (χ3n) is 2.95. The average Bonchev–Trinajstić information content (AvgIpc) is 2.27. The second-order valence-corrected chi connectivity index (χ2v) is 4.26. The average molecular weight is 208 g/mol. The maximum absolute atomic E-state index is 9.01. The lowest BCUT2D eigenvalue weighted by Gasteiger charge is -2.30. The number of anilines is 1. The van der Waals surface area contributed by atoms with Crippen LogP contribution in [0, 0.1) is 5.92 Å². The van der Waals surface area contributed by atoms with Gasteiger partial charge < -0.3 is 10.0 Å². The molecule has 0 aliphatic carbocycles. The molecule has 0 radical (unpaired) electrons. The lowest BCUT2D eigenvalue weighted by molar-refractivity contribution is 0.277. The van der Waals surface area contributed by atoms with Crippen molar-refractivity contribution in [3.63, 3.8) is 0 Å². The highest BCUT2D eigenvalue weighted by molar-refractivity contribution is 5.46. The van der Waals surface area contributed by atoms with Crippen LogP contribution in [-0.2, 0) is 6.61 Å². The predicted octanol–water partition coefficient (Wildman–Crippen LogP) is 2.05. The molecule has 0 aromatic carbocycles. The number of aliphatic hydroxyl groups is 1. The van der Waals surface area contributed by atoms with Gasteiger partial charge in [0, 0.05) is 25.0 Å². The molecule has 84 valence electrons. The van der Waals surface area contributed by atoms with Crippen LogP contribution in [0.4, 0.5) is 5.69 Å². The maximum atomic E-state index is 9.01. The lowest BCUT2D eigenvalue weighted by Crippen LogP contribution is -2.33. The summed E-state index contributed by atoms with van der Waals surface area (Å²) in [5.41, 5.74) is 1.82. The normalized spacial score (nSPS) is 12.9. The minimum atomic E-state index is -0.00224. The minimum Gasteiger partial charge on any atom is -0.390 e. The van der Waals surface area contributed by atoms with E-state index in [1.165, 1.54) is 0 Å². The summed E-state index contributed by atoms with van der Waals surface area (Å²) in [6.07, 6.45) is 1.74. The molecule has 0 aliphatic heterocycles. The fraction of sp³-hybridized carbons (Fsp3) is 0.583. The lowest BCUT2D eigenvalue weighted by atomic mass is 10.0. The minimum absolute atomic E-state index is 0.00224. The first-order chi connectivity index (χ1) is 7.06. The Balaban J connectivity index is 2.85. The molecular weight excluding hydrogens is 188 g/mol. The highest BCUT2D eigenvalue weighted by Crippen LogP contribution is 2.19. The molecule has 1 aromatic heterocycles. The Kier molecular flexibility index (Phi) is 4.09. The van der Waals surface area contributed by atoms with Gasteiger partial charge in [0.05, 0.1) is 12.3 Å². The molecule has 1 atom stereocenters. The molecule has 1 heterocycles. The molecular formula is C12H20N2O. The fourth-order valence-electron chi connectivity index (χ4n) is 1.45. The summed E-state index contributed by atoms with van der Waals surface area (Å²) in [6, 6.07) is 4.37. The van der Waals surface area contributed by atoms with Crippen LogP contribution in [0.2, 0.25) is 0 Å². The van der Waals surface area contributed by atoms with E-state index in [0.29, 0.717) is 12.0 Å². The first kappa shape index (κ1) is 12.0. The van der Waals surface area contributed by atoms with Gasteiger partial charge in [0.1, 0.15) is 0 Å². The van der Waals surface area contributed by atoms with E-state index >= 15 is 0 Å². The van der Waals surface area contributed by atoms with Gasteiger partial charge in [0.25, 0.3) is 0 Å². The van der Waals surface area contributed by atoms with Gasteiger partial charge >= 0.3 is 0 Å². The number of rotatable bonds is 4. The van der Waals surface area contributed by atoms with E-state index in [1.54, 1.807) is 6.20 Å². The molecule has 0 fully saturated rings. The second kappa shape index (κ2) is 5.12. The van der Waals surface area contributed by atoms with Crippen LogP contribution in [-0.4, -0.2) is 23.2 Å². The number of aromatic nitrogens is 1. The fourth-order valence-corrected chi connectivity index (χ4v) is 1.45. The van der Waals surface area contributed by atoms with Crippen molar-refractivity contribution in [1.82, 2.24) is 4.98 Å². The van der Waals surface area contributed by atoms with E-state index < -0.39 is 0 Å². The quantitative estimate of drug-likeness (QED) is 0.822. The van der Waals surface area contributed by atoms with Crippen LogP contribution < -0.4 is 4.90 Å². The summed E-state index contributed by atoms with van der Waals surface area (Å²) in [4.78, 5) is 6.28. The van der Waals surface area contributed by atoms with Crippen LogP contribution in [0.15, 0.2) is 18.3 Å². The summed E-state index contributed by atoms with van der Waals surface area (Å²) in [7, 11) is 2.07. The Morgan fingerprint density at radius 3 is 2.60 bits per heavy atom. The number of hydrogen-bond donors (Lipinski definition) is 1. The molecule has 1 aromatic rings. The third-order valence-corrected chi connectivity index (χ3v) is 2.95. The van der Waals surface area contributed by atoms with Crippen molar-refractivity contribution in [3.05, 3.63) is 24.0 Å². The standard InChI is InChI=1S/C12H20N2O/c1-9(2)10(3)14(4)12-5-6-13-11(7-12)8-15/h5-7,9-10,15H,8H2,1-4H3. The summed E-state index contributed by atoms with van der Waals surface area (Å²) < 4.78 is 0. The first-order valence-corrected chi connectivity index (χ1v) is 5.35. The Labute approximate surface area is 91.8 Å². The molecule has 0 spiro atoms. The van der Waals surface area contributed by atoms with Crippen molar-refractivity contribution < 1.29 is 5.11 Å². The molecule has 3 heteroatoms. The van der Waals surface area contributed by atoms with Gasteiger partial charge in [-0.2, -0.15) is 0 Å². The largest absolute Gasteiger partial charge is 0.390 e. The van der Waals surface area contributed by atoms with Crippen molar-refractivity contribution in [2.45, 2.75) is 33.4 Å². The molecule has 15 heavy (non-hydrogen) atoms. The zero-order chi connectivity index (χ0) is 11.4. The molecule has 0 amide bonds. The molecule has 1 N–H and O–H groups in total. The van der Waals surface area contributed by atoms with Gasteiger partial charge in [0.15, 0.2) is 0 Å². The number of aliphatic hydroxyl groups excluding tert-OH is 1. The highest BCUT2D eigenvalue weighted by atomic mass is 16.3. The predicted molar refractivity (Wildman–Crippen MR) is 62.9 cm³/mol. The monoisotopic (exact) mass is 208 g/mol. The summed E-state index contributed by atoms with van der Waals surface area (Å²) in [6.45, 7) is 6.60. The topological polar surface area (TPSA) is 36.4 Å². The molecule has 3 nitrogen and oxygen atoms in total. The van der Waals surface area contributed by atoms with Gasteiger partial charge in [-0.25, -0.2) is 0 Å². The van der Waals surface area contributed by atoms with Crippen LogP contribution in [0.3, 0.4) is 0 Å². The summed E-state index contributed by atoms with van der Waals surface area (Å²) in [5, 5.41) is 9.01. The van der Waals surface area contributed by atoms with E-state index in [0.717, 1.165) is 11.4 Å². The smallest absolute Gasteiger partial charge is 0.0853 e. The van der Waals surface area contributed by atoms with Gasteiger partial charge in [-0.15, -0.1) is 0 Å². The maximum Gasteiger partial charge on any atom is 0.0853 e. The molecule has 0 aliphatic rings. The van der Waals surface area contributed by atoms with Gasteiger partial charge in [-0.1, -0.05) is 13.8 Å². The van der Waals surface area contributed by atoms with Crippen molar-refractivity contribution in [2.75, 3.05) is 11.9 Å². The van der Waals surface area contributed by atoms with E-state index in [2.05, 4.69) is 37.7 Å². The van der Waals surface area contributed by atoms with E-state index in [4.69, 9.17) is 5.11 Å². The molecule has 0 bridgehead atoms. The molecule has 0 saturated heterocycles. The van der Waals surface area contributed by atoms with Crippen LogP contribution >= 0.6 is 0 Å². The molecule has 1 rings (SSSR count). The Bertz CT molecular complexity index is 312. The SMILES string of the molecule is CC(C)C(C)N(C)c1ccnc(CO)c1. The third kappa shape index (κ3) is 2.93. The summed E-state index contributed by atoms with van der Waals surface area (Å²) >= 11 is 0. The summed E-state index contributed by atoms with van der Waals surface area (Å²) in [5.74, 6) is 0.598. The van der Waals surface area contributed by atoms with E-state index in [9.17, 15) is 0 Å². The van der Waals surface area contributed by atoms with Gasteiger partial charge in [-0.3, -0.25) is 4.98 Å². The van der Waals surface area contributed by atoms with Crippen LogP contribution in [0.25, 0.3) is 0 Å². The molecule has 0 saturated carbocycles. The Hall–Kier alpha value is -1.09. The number of pyridine rings is 1. The first-order valence-electron chi connectivity index (χ1n) is 5.35. The highest BCUT2D eigenvalue weighted by Gasteiger charge is 2.13. The number of hydrogen-bond acceptors (Lipinski definition) is 3. The zero-order valence-electron chi connectivity index (χ0n) is 9.94. The van der Waals surface area contributed by atoms with Crippen molar-refractivity contribution in [3.8, 4) is 0 Å². The Morgan fingerprint density at radius 1 is 1.40 bits per heavy atom. The van der Waals surface area contributed by atoms with Crippen molar-refractivity contribution in [2.24, 2.45) is 5.92 Å². The van der Waals surface area contributed by atoms with Crippen molar-refractivity contribution >= 4 is 5.69 Å². The zero-order valence-corrected chi connectivity index (χ0v) is 9.94. The second-order valence-electron chi connectivity index (χ2n) is 4.26. The van der Waals surface area contributed by atoms with Crippen molar-refractivity contribution in [1.29, 1.82) is 0 Å². The van der Waals surface area contributed by atoms with Gasteiger partial charge in [0.2, 0.25) is 0 Å². The Morgan fingerprint density at radius 2 is 2.07 bits per heavy atom. The van der Waals surface area contributed by atoms with E-state index in [1.807, 2.05) is 12.1 Å². The number of nitrogens with zero attached hydrogens (tertiary/aromatic N) is 2. The van der Waals surface area contributed by atoms with Crippen LogP contribution in [0.5, 0.6) is 0 Å². The van der Waals surface area contributed by atoms with E-state index in [-0.39, 0.29) is 6.61 Å². The van der Waals surface area contributed by atoms with Gasteiger partial charge in [-0.05, 0) is 25.0 Å².